The number of fused-ring (bicyclic) bond motifs is 1. The van der Waals surface area contributed by atoms with Crippen LogP contribution in [0.3, 0.4) is 0 Å². The second kappa shape index (κ2) is 6.73. The Kier molecular flexibility index (Phi) is 4.50. The molecule has 0 unspecified atom stereocenters. The van der Waals surface area contributed by atoms with Crippen LogP contribution < -0.4 is 14.8 Å². The van der Waals surface area contributed by atoms with Crippen molar-refractivity contribution in [2.24, 2.45) is 0 Å². The standard InChI is InChI=1S/C17H20N2O4/c1-2-7-22-14-4-3-12-8-13(11-23-15(12)9-14)17(21)19-6-5-18-16(20)10-19/h3-4,8-9H,2,5-7,10-11H2,1H3,(H,18,20). The second-order valence-electron chi connectivity index (χ2n) is 5.58. The lowest BCUT2D eigenvalue weighted by Crippen LogP contribution is -2.50. The van der Waals surface area contributed by atoms with Crippen LogP contribution in [-0.2, 0) is 9.59 Å². The summed E-state index contributed by atoms with van der Waals surface area (Å²) in [5.41, 5.74) is 1.42. The van der Waals surface area contributed by atoms with Crippen molar-refractivity contribution in [3.63, 3.8) is 0 Å². The summed E-state index contributed by atoms with van der Waals surface area (Å²) in [5, 5.41) is 2.71. The molecule has 3 rings (SSSR count). The van der Waals surface area contributed by atoms with E-state index in [9.17, 15) is 9.59 Å². The van der Waals surface area contributed by atoms with Gasteiger partial charge in [-0.15, -0.1) is 0 Å². The highest BCUT2D eigenvalue weighted by Crippen LogP contribution is 2.31. The molecular weight excluding hydrogens is 296 g/mol. The van der Waals surface area contributed by atoms with Crippen molar-refractivity contribution in [3.05, 3.63) is 29.3 Å². The molecule has 2 aliphatic rings. The number of hydrogen-bond donors (Lipinski definition) is 1. The van der Waals surface area contributed by atoms with Gasteiger partial charge < -0.3 is 19.7 Å². The first-order valence-electron chi connectivity index (χ1n) is 7.83. The molecule has 0 bridgehead atoms. The van der Waals surface area contributed by atoms with E-state index in [-0.39, 0.29) is 25.0 Å². The molecule has 6 heteroatoms. The van der Waals surface area contributed by atoms with Gasteiger partial charge in [0.15, 0.2) is 0 Å². The summed E-state index contributed by atoms with van der Waals surface area (Å²) in [4.78, 5) is 25.5. The summed E-state index contributed by atoms with van der Waals surface area (Å²) in [6.07, 6.45) is 2.77. The maximum absolute atomic E-state index is 12.5. The van der Waals surface area contributed by atoms with Crippen LogP contribution in [0.25, 0.3) is 6.08 Å². The number of carbonyl (C=O) groups excluding carboxylic acids is 2. The minimum Gasteiger partial charge on any atom is -0.493 e. The van der Waals surface area contributed by atoms with E-state index >= 15 is 0 Å². The fraction of sp³-hybridized carbons (Fsp3) is 0.412. The number of benzene rings is 1. The van der Waals surface area contributed by atoms with Crippen LogP contribution >= 0.6 is 0 Å². The molecular formula is C17H20N2O4. The zero-order valence-electron chi connectivity index (χ0n) is 13.1. The Morgan fingerprint density at radius 3 is 3.09 bits per heavy atom. The summed E-state index contributed by atoms with van der Waals surface area (Å²) < 4.78 is 11.3. The zero-order valence-corrected chi connectivity index (χ0v) is 13.1. The van der Waals surface area contributed by atoms with Gasteiger partial charge in [-0.2, -0.15) is 0 Å². The van der Waals surface area contributed by atoms with Gasteiger partial charge in [0.1, 0.15) is 18.1 Å². The average molecular weight is 316 g/mol. The minimum absolute atomic E-state index is 0.104. The number of piperazine rings is 1. The topological polar surface area (TPSA) is 67.9 Å². The molecule has 1 N–H and O–H groups in total. The predicted molar refractivity (Wildman–Crippen MR) is 85.3 cm³/mol. The van der Waals surface area contributed by atoms with Gasteiger partial charge in [-0.05, 0) is 24.6 Å². The number of ether oxygens (including phenoxy) is 2. The zero-order chi connectivity index (χ0) is 16.2. The molecule has 0 atom stereocenters. The molecule has 0 radical (unpaired) electrons. The monoisotopic (exact) mass is 316 g/mol. The van der Waals surface area contributed by atoms with Gasteiger partial charge in [0.05, 0.1) is 18.7 Å². The Morgan fingerprint density at radius 1 is 1.43 bits per heavy atom. The second-order valence-corrected chi connectivity index (χ2v) is 5.58. The van der Waals surface area contributed by atoms with Crippen LogP contribution in [0, 0.1) is 0 Å². The Bertz CT molecular complexity index is 654. The Morgan fingerprint density at radius 2 is 2.30 bits per heavy atom. The van der Waals surface area contributed by atoms with Crippen LogP contribution in [0.2, 0.25) is 0 Å². The number of carbonyl (C=O) groups is 2. The Labute approximate surface area is 135 Å². The van der Waals surface area contributed by atoms with Crippen LogP contribution in [0.1, 0.15) is 18.9 Å². The lowest BCUT2D eigenvalue weighted by atomic mass is 10.1. The molecule has 6 nitrogen and oxygen atoms in total. The van der Waals surface area contributed by atoms with E-state index < -0.39 is 0 Å². The third-order valence-electron chi connectivity index (χ3n) is 3.77. The van der Waals surface area contributed by atoms with Gasteiger partial charge in [-0.1, -0.05) is 6.92 Å². The SMILES string of the molecule is CCCOc1ccc2c(c1)OCC(C(=O)N1CCNC(=O)C1)=C2. The molecule has 0 aromatic heterocycles. The average Bonchev–Trinajstić information content (AvgIpc) is 2.58. The number of amides is 2. The van der Waals surface area contributed by atoms with Gasteiger partial charge in [0, 0.05) is 24.7 Å². The molecule has 1 fully saturated rings. The fourth-order valence-electron chi connectivity index (χ4n) is 2.59. The molecule has 2 aliphatic heterocycles. The van der Waals surface area contributed by atoms with Crippen molar-refractivity contribution in [2.75, 3.05) is 32.8 Å². The Balaban J connectivity index is 1.74. The maximum atomic E-state index is 12.5. The van der Waals surface area contributed by atoms with Crippen LogP contribution in [0.5, 0.6) is 11.5 Å². The van der Waals surface area contributed by atoms with Crippen molar-refractivity contribution >= 4 is 17.9 Å². The summed E-state index contributed by atoms with van der Waals surface area (Å²) in [7, 11) is 0. The fourth-order valence-corrected chi connectivity index (χ4v) is 2.59. The van der Waals surface area contributed by atoms with Gasteiger partial charge in [0.2, 0.25) is 5.91 Å². The van der Waals surface area contributed by atoms with E-state index in [2.05, 4.69) is 12.2 Å². The third kappa shape index (κ3) is 3.47. The van der Waals surface area contributed by atoms with Crippen LogP contribution in [-0.4, -0.2) is 49.6 Å². The molecule has 0 spiro atoms. The smallest absolute Gasteiger partial charge is 0.253 e. The van der Waals surface area contributed by atoms with Crippen molar-refractivity contribution in [1.29, 1.82) is 0 Å². The van der Waals surface area contributed by atoms with Crippen LogP contribution in [0.15, 0.2) is 23.8 Å². The highest BCUT2D eigenvalue weighted by molar-refractivity contribution is 6.01. The summed E-state index contributed by atoms with van der Waals surface area (Å²) in [6.45, 7) is 4.05. The molecule has 122 valence electrons. The van der Waals surface area contributed by atoms with Crippen molar-refractivity contribution in [2.45, 2.75) is 13.3 Å². The summed E-state index contributed by atoms with van der Waals surface area (Å²) in [6, 6.07) is 5.60. The summed E-state index contributed by atoms with van der Waals surface area (Å²) in [5.74, 6) is 1.21. The first kappa shape index (κ1) is 15.4. The normalized spacial score (nSPS) is 16.8. The first-order chi connectivity index (χ1) is 11.2. The largest absolute Gasteiger partial charge is 0.493 e. The quantitative estimate of drug-likeness (QED) is 0.906. The van der Waals surface area contributed by atoms with Crippen molar-refractivity contribution in [3.8, 4) is 11.5 Å². The van der Waals surface area contributed by atoms with Gasteiger partial charge >= 0.3 is 0 Å². The lowest BCUT2D eigenvalue weighted by molar-refractivity contribution is -0.135. The van der Waals surface area contributed by atoms with E-state index in [0.717, 1.165) is 17.7 Å². The van der Waals surface area contributed by atoms with Crippen molar-refractivity contribution < 1.29 is 19.1 Å². The third-order valence-corrected chi connectivity index (χ3v) is 3.77. The first-order valence-corrected chi connectivity index (χ1v) is 7.83. The molecule has 2 amide bonds. The van der Waals surface area contributed by atoms with E-state index in [4.69, 9.17) is 9.47 Å². The number of nitrogens with zero attached hydrogens (tertiary/aromatic N) is 1. The van der Waals surface area contributed by atoms with Crippen molar-refractivity contribution in [1.82, 2.24) is 10.2 Å². The van der Waals surface area contributed by atoms with Gasteiger partial charge in [0.25, 0.3) is 5.91 Å². The molecule has 1 aromatic rings. The van der Waals surface area contributed by atoms with Gasteiger partial charge in [-0.3, -0.25) is 9.59 Å². The number of rotatable bonds is 4. The summed E-state index contributed by atoms with van der Waals surface area (Å²) >= 11 is 0. The number of hydrogen-bond acceptors (Lipinski definition) is 4. The lowest BCUT2D eigenvalue weighted by Gasteiger charge is -2.28. The highest BCUT2D eigenvalue weighted by atomic mass is 16.5. The molecule has 0 aliphatic carbocycles. The number of nitrogens with one attached hydrogen (secondary N) is 1. The molecule has 2 heterocycles. The van der Waals surface area contributed by atoms with Crippen LogP contribution in [0.4, 0.5) is 0 Å². The van der Waals surface area contributed by atoms with E-state index in [1.54, 1.807) is 4.90 Å². The molecule has 1 aromatic carbocycles. The molecule has 0 saturated carbocycles. The van der Waals surface area contributed by atoms with E-state index in [1.165, 1.54) is 0 Å². The molecule has 23 heavy (non-hydrogen) atoms. The minimum atomic E-state index is -0.142. The van der Waals surface area contributed by atoms with E-state index in [1.807, 2.05) is 24.3 Å². The molecule has 1 saturated heterocycles. The predicted octanol–water partition coefficient (Wildman–Crippen LogP) is 1.21. The van der Waals surface area contributed by atoms with Gasteiger partial charge in [-0.25, -0.2) is 0 Å². The highest BCUT2D eigenvalue weighted by Gasteiger charge is 2.26. The Hall–Kier alpha value is -2.50. The van der Waals surface area contributed by atoms with E-state index in [0.29, 0.717) is 31.0 Å². The maximum Gasteiger partial charge on any atom is 0.253 e.